The van der Waals surface area contributed by atoms with Crippen LogP contribution in [0.3, 0.4) is 0 Å². The van der Waals surface area contributed by atoms with Crippen molar-refractivity contribution in [2.45, 2.75) is 32.5 Å². The van der Waals surface area contributed by atoms with Gasteiger partial charge in [-0.25, -0.2) is 9.97 Å². The van der Waals surface area contributed by atoms with Gasteiger partial charge in [0, 0.05) is 44.0 Å². The lowest BCUT2D eigenvalue weighted by molar-refractivity contribution is -0.137. The Morgan fingerprint density at radius 2 is 1.93 bits per heavy atom. The third-order valence-corrected chi connectivity index (χ3v) is 7.72. The minimum absolute atomic E-state index is 0.163. The molecule has 0 spiro atoms. The lowest BCUT2D eigenvalue weighted by Crippen LogP contribution is -2.38. The minimum atomic E-state index is -4.54. The molecule has 4 heterocycles. The molecule has 2 fully saturated rings. The summed E-state index contributed by atoms with van der Waals surface area (Å²) in [5, 5.41) is 7.70. The van der Waals surface area contributed by atoms with Crippen LogP contribution >= 0.6 is 11.8 Å². The average Bonchev–Trinajstić information content (AvgIpc) is 3.28. The summed E-state index contributed by atoms with van der Waals surface area (Å²) in [6.45, 7) is 3.51. The molecule has 0 aliphatic carbocycles. The zero-order valence-electron chi connectivity index (χ0n) is 23.1. The van der Waals surface area contributed by atoms with Crippen molar-refractivity contribution in [3.8, 4) is 11.3 Å². The quantitative estimate of drug-likeness (QED) is 0.306. The van der Waals surface area contributed by atoms with Crippen LogP contribution in [0.15, 0.2) is 53.6 Å². The highest BCUT2D eigenvalue weighted by molar-refractivity contribution is 8.18. The molecule has 10 nitrogen and oxygen atoms in total. The molecule has 0 bridgehead atoms. The van der Waals surface area contributed by atoms with E-state index in [0.29, 0.717) is 48.4 Å². The van der Waals surface area contributed by atoms with E-state index >= 15 is 0 Å². The number of amides is 3. The predicted molar refractivity (Wildman–Crippen MR) is 157 cm³/mol. The first-order chi connectivity index (χ1) is 20.5. The van der Waals surface area contributed by atoms with Crippen molar-refractivity contribution in [2.24, 2.45) is 5.92 Å². The van der Waals surface area contributed by atoms with E-state index in [1.807, 2.05) is 4.90 Å². The maximum Gasteiger partial charge on any atom is 0.416 e. The standard InChI is InChI=1S/C29H28F3N7O3S/c1-17(40)35-21-4-2-3-19(11-21)24-13-20(29(30,31)32)12-23(36-24)16-33-15-18-6-9-39(10-7-18)27-34-8-5-22(37-27)14-25-26(41)38-28(42)43-25/h2-5,8,11-14,18,33H,6-7,9-10,15-16H2,1H3,(H,35,40)(H,38,41,42). The van der Waals surface area contributed by atoms with Crippen LogP contribution in [0, 0.1) is 5.92 Å². The Bertz CT molecular complexity index is 1570. The summed E-state index contributed by atoms with van der Waals surface area (Å²) in [7, 11) is 0. The number of nitrogens with zero attached hydrogens (tertiary/aromatic N) is 4. The largest absolute Gasteiger partial charge is 0.416 e. The second-order valence-corrected chi connectivity index (χ2v) is 11.2. The Balaban J connectivity index is 1.19. The van der Waals surface area contributed by atoms with Crippen LogP contribution in [0.25, 0.3) is 17.3 Å². The second-order valence-electron chi connectivity index (χ2n) is 10.2. The molecule has 0 saturated carbocycles. The van der Waals surface area contributed by atoms with Crippen LogP contribution in [0.4, 0.5) is 29.6 Å². The molecule has 2 aliphatic rings. The number of carbonyl (C=O) groups excluding carboxylic acids is 3. The lowest BCUT2D eigenvalue weighted by Gasteiger charge is -2.32. The van der Waals surface area contributed by atoms with Crippen LogP contribution in [0.2, 0.25) is 0 Å². The molecule has 2 saturated heterocycles. The summed E-state index contributed by atoms with van der Waals surface area (Å²) >= 11 is 0.827. The lowest BCUT2D eigenvalue weighted by atomic mass is 9.97. The molecule has 3 aromatic rings. The van der Waals surface area contributed by atoms with Gasteiger partial charge in [-0.05, 0) is 73.5 Å². The number of benzene rings is 1. The number of carbonyl (C=O) groups is 3. The van der Waals surface area contributed by atoms with E-state index in [2.05, 4.69) is 30.9 Å². The fourth-order valence-electron chi connectivity index (χ4n) is 4.84. The molecular formula is C29H28F3N7O3S. The summed E-state index contributed by atoms with van der Waals surface area (Å²) in [4.78, 5) is 50.3. The number of thioether (sulfide) groups is 1. The summed E-state index contributed by atoms with van der Waals surface area (Å²) in [5.74, 6) is 0.0944. The Morgan fingerprint density at radius 3 is 2.63 bits per heavy atom. The van der Waals surface area contributed by atoms with Crippen LogP contribution in [-0.4, -0.2) is 51.6 Å². The van der Waals surface area contributed by atoms with Crippen LogP contribution in [0.5, 0.6) is 0 Å². The van der Waals surface area contributed by atoms with Crippen molar-refractivity contribution in [3.63, 3.8) is 0 Å². The summed E-state index contributed by atoms with van der Waals surface area (Å²) < 4.78 is 41.1. The highest BCUT2D eigenvalue weighted by atomic mass is 32.2. The first kappa shape index (κ1) is 30.2. The van der Waals surface area contributed by atoms with Gasteiger partial charge in [-0.15, -0.1) is 0 Å². The van der Waals surface area contributed by atoms with Gasteiger partial charge in [-0.2, -0.15) is 13.2 Å². The number of rotatable bonds is 8. The zero-order valence-corrected chi connectivity index (χ0v) is 23.9. The molecule has 5 rings (SSSR count). The molecule has 224 valence electrons. The van der Waals surface area contributed by atoms with E-state index in [1.165, 1.54) is 6.92 Å². The van der Waals surface area contributed by atoms with Gasteiger partial charge in [-0.1, -0.05) is 12.1 Å². The molecule has 2 aromatic heterocycles. The molecule has 43 heavy (non-hydrogen) atoms. The SMILES string of the molecule is CC(=O)Nc1cccc(-c2cc(C(F)(F)F)cc(CNCC3CCN(c4nccc(C=C5SC(=O)NC5=O)n4)CC3)n2)c1. The van der Waals surface area contributed by atoms with Crippen molar-refractivity contribution in [1.82, 2.24) is 25.6 Å². The number of anilines is 2. The second kappa shape index (κ2) is 12.9. The van der Waals surface area contributed by atoms with E-state index in [4.69, 9.17) is 0 Å². The maximum atomic E-state index is 13.7. The number of hydrogen-bond acceptors (Lipinski definition) is 9. The number of halogens is 3. The van der Waals surface area contributed by atoms with Gasteiger partial charge < -0.3 is 15.5 Å². The molecule has 2 aliphatic heterocycles. The molecule has 1 aromatic carbocycles. The van der Waals surface area contributed by atoms with Crippen molar-refractivity contribution in [1.29, 1.82) is 0 Å². The third kappa shape index (κ3) is 7.96. The Morgan fingerprint density at radius 1 is 1.14 bits per heavy atom. The van der Waals surface area contributed by atoms with Gasteiger partial charge in [0.15, 0.2) is 0 Å². The zero-order chi connectivity index (χ0) is 30.6. The number of hydrogen-bond donors (Lipinski definition) is 3. The summed E-state index contributed by atoms with van der Waals surface area (Å²) in [5.41, 5.74) is 1.11. The first-order valence-electron chi connectivity index (χ1n) is 13.5. The van der Waals surface area contributed by atoms with Crippen molar-refractivity contribution in [3.05, 3.63) is 70.5 Å². The van der Waals surface area contributed by atoms with Gasteiger partial charge >= 0.3 is 6.18 Å². The monoisotopic (exact) mass is 611 g/mol. The maximum absolute atomic E-state index is 13.7. The third-order valence-electron chi connectivity index (χ3n) is 6.91. The molecular weight excluding hydrogens is 583 g/mol. The highest BCUT2D eigenvalue weighted by Gasteiger charge is 2.32. The molecule has 3 N–H and O–H groups in total. The van der Waals surface area contributed by atoms with Gasteiger partial charge in [0.1, 0.15) is 0 Å². The first-order valence-corrected chi connectivity index (χ1v) is 14.3. The number of piperidine rings is 1. The normalized spacial score (nSPS) is 16.9. The van der Waals surface area contributed by atoms with Crippen LogP contribution in [0.1, 0.15) is 36.7 Å². The number of alkyl halides is 3. The Hall–Kier alpha value is -4.30. The van der Waals surface area contributed by atoms with E-state index in [1.54, 1.807) is 42.6 Å². The Kier molecular flexibility index (Phi) is 9.06. The minimum Gasteiger partial charge on any atom is -0.341 e. The van der Waals surface area contributed by atoms with Gasteiger partial charge in [0.25, 0.3) is 11.1 Å². The highest BCUT2D eigenvalue weighted by Crippen LogP contribution is 2.33. The number of nitrogens with one attached hydrogen (secondary N) is 3. The predicted octanol–water partition coefficient (Wildman–Crippen LogP) is 4.85. The van der Waals surface area contributed by atoms with E-state index in [-0.39, 0.29) is 28.7 Å². The molecule has 0 radical (unpaired) electrons. The summed E-state index contributed by atoms with van der Waals surface area (Å²) in [6.07, 6.45) is 0.273. The molecule has 14 heteroatoms. The van der Waals surface area contributed by atoms with Crippen molar-refractivity contribution < 1.29 is 27.6 Å². The van der Waals surface area contributed by atoms with Gasteiger partial charge in [0.05, 0.1) is 27.6 Å². The van der Waals surface area contributed by atoms with Gasteiger partial charge in [-0.3, -0.25) is 24.7 Å². The molecule has 0 unspecified atom stereocenters. The average molecular weight is 612 g/mol. The van der Waals surface area contributed by atoms with E-state index in [9.17, 15) is 27.6 Å². The van der Waals surface area contributed by atoms with Gasteiger partial charge in [0.2, 0.25) is 11.9 Å². The fourth-order valence-corrected chi connectivity index (χ4v) is 5.51. The number of imide groups is 1. The number of aromatic nitrogens is 3. The molecule has 0 atom stereocenters. The smallest absolute Gasteiger partial charge is 0.341 e. The summed E-state index contributed by atoms with van der Waals surface area (Å²) in [6, 6.07) is 10.3. The number of pyridine rings is 1. The van der Waals surface area contributed by atoms with E-state index in [0.717, 1.165) is 36.7 Å². The molecule has 3 amide bonds. The van der Waals surface area contributed by atoms with Crippen LogP contribution < -0.4 is 20.9 Å². The Labute approximate surface area is 249 Å². The van der Waals surface area contributed by atoms with Crippen molar-refractivity contribution in [2.75, 3.05) is 29.9 Å². The van der Waals surface area contributed by atoms with Crippen LogP contribution in [-0.2, 0) is 22.3 Å². The fraction of sp³-hybridized carbons (Fsp3) is 0.310. The topological polar surface area (TPSA) is 129 Å². The van der Waals surface area contributed by atoms with E-state index < -0.39 is 22.9 Å². The van der Waals surface area contributed by atoms with Crippen molar-refractivity contribution >= 4 is 46.5 Å².